The minimum atomic E-state index is -1.73. The molecule has 0 spiro atoms. The van der Waals surface area contributed by atoms with Crippen molar-refractivity contribution in [2.24, 2.45) is 0 Å². The van der Waals surface area contributed by atoms with E-state index in [0.29, 0.717) is 5.75 Å². The van der Waals surface area contributed by atoms with Gasteiger partial charge < -0.3 is 47.7 Å². The van der Waals surface area contributed by atoms with Crippen LogP contribution in [-0.2, 0) is 33.2 Å². The largest absolute Gasteiger partial charge is 0.497 e. The van der Waals surface area contributed by atoms with Gasteiger partial charge in [0.25, 0.3) is 0 Å². The first-order chi connectivity index (χ1) is 29.6. The number of ether oxygens (including phenoxy) is 9. The van der Waals surface area contributed by atoms with Crippen LogP contribution in [0.4, 0.5) is 0 Å². The molecular weight excluding hydrogens is 789 g/mol. The Morgan fingerprint density at radius 3 is 1.25 bits per heavy atom. The predicted molar refractivity (Wildman–Crippen MR) is 216 cm³/mol. The van der Waals surface area contributed by atoms with Crippen LogP contribution in [0.1, 0.15) is 55.3 Å². The minimum Gasteiger partial charge on any atom is -0.497 e. The Kier molecular flexibility index (Phi) is 13.7. The summed E-state index contributed by atoms with van der Waals surface area (Å²) in [6, 6.07) is 39.1. The van der Waals surface area contributed by atoms with Gasteiger partial charge in [0.05, 0.1) is 41.6 Å². The van der Waals surface area contributed by atoms with Crippen LogP contribution < -0.4 is 9.47 Å². The van der Waals surface area contributed by atoms with Crippen LogP contribution in [0.5, 0.6) is 11.5 Å². The summed E-state index contributed by atoms with van der Waals surface area (Å²) in [6.07, 6.45) is -14.2. The third kappa shape index (κ3) is 10.2. The maximum Gasteiger partial charge on any atom is 0.338 e. The Morgan fingerprint density at radius 2 is 0.803 bits per heavy atom. The van der Waals surface area contributed by atoms with Crippen molar-refractivity contribution in [2.45, 2.75) is 75.3 Å². The van der Waals surface area contributed by atoms with Crippen LogP contribution in [0.15, 0.2) is 146 Å². The smallest absolute Gasteiger partial charge is 0.338 e. The number of rotatable bonds is 13. The third-order valence-corrected chi connectivity index (χ3v) is 10.1. The molecule has 316 valence electrons. The number of benzene rings is 5. The first-order valence-electron chi connectivity index (χ1n) is 19.6. The summed E-state index contributed by atoms with van der Waals surface area (Å²) in [7, 11) is 1.52. The molecule has 0 aromatic heterocycles. The lowest BCUT2D eigenvalue weighted by Crippen LogP contribution is -2.66. The lowest BCUT2D eigenvalue weighted by atomic mass is 9.96. The summed E-state index contributed by atoms with van der Waals surface area (Å²) in [5.41, 5.74) is 0.748. The van der Waals surface area contributed by atoms with Gasteiger partial charge in [-0.2, -0.15) is 0 Å². The molecule has 61 heavy (non-hydrogen) atoms. The zero-order valence-corrected chi connectivity index (χ0v) is 33.4. The Morgan fingerprint density at radius 1 is 0.443 bits per heavy atom. The maximum absolute atomic E-state index is 13.9. The highest BCUT2D eigenvalue weighted by molar-refractivity contribution is 5.91. The Hall–Kier alpha value is -6.58. The van der Waals surface area contributed by atoms with Crippen molar-refractivity contribution < 1.29 is 66.9 Å². The van der Waals surface area contributed by atoms with Gasteiger partial charge in [-0.1, -0.05) is 72.8 Å². The summed E-state index contributed by atoms with van der Waals surface area (Å²) < 4.78 is 55.0. The van der Waals surface area contributed by atoms with Crippen LogP contribution in [0.25, 0.3) is 0 Å². The molecule has 2 fully saturated rings. The van der Waals surface area contributed by atoms with E-state index in [0.717, 1.165) is 0 Å². The highest BCUT2D eigenvalue weighted by Gasteiger charge is 2.56. The number of hydrogen-bond donors (Lipinski definition) is 1. The quantitative estimate of drug-likeness (QED) is 0.105. The van der Waals surface area contributed by atoms with E-state index in [4.69, 9.17) is 42.6 Å². The topological polar surface area (TPSA) is 172 Å². The monoisotopic (exact) mass is 832 g/mol. The van der Waals surface area contributed by atoms with Gasteiger partial charge >= 0.3 is 23.9 Å². The van der Waals surface area contributed by atoms with Gasteiger partial charge in [-0.15, -0.1) is 0 Å². The Balaban J connectivity index is 1.27. The molecule has 0 bridgehead atoms. The van der Waals surface area contributed by atoms with E-state index in [1.54, 1.807) is 147 Å². The van der Waals surface area contributed by atoms with Crippen molar-refractivity contribution in [3.8, 4) is 11.5 Å². The second kappa shape index (κ2) is 19.7. The highest BCUT2D eigenvalue weighted by Crippen LogP contribution is 2.36. The fourth-order valence-corrected chi connectivity index (χ4v) is 6.91. The molecule has 10 atom stereocenters. The molecule has 0 amide bonds. The number of esters is 4. The van der Waals surface area contributed by atoms with E-state index in [-0.39, 0.29) is 28.0 Å². The molecule has 1 N–H and O–H groups in total. The van der Waals surface area contributed by atoms with Crippen molar-refractivity contribution >= 4 is 23.9 Å². The van der Waals surface area contributed by atoms with Crippen molar-refractivity contribution in [1.29, 1.82) is 0 Å². The summed E-state index contributed by atoms with van der Waals surface area (Å²) in [4.78, 5) is 54.5. The van der Waals surface area contributed by atoms with Crippen LogP contribution in [0, 0.1) is 0 Å². The third-order valence-electron chi connectivity index (χ3n) is 10.1. The summed E-state index contributed by atoms with van der Waals surface area (Å²) in [5, 5.41) is 12.0. The predicted octanol–water partition coefficient (Wildman–Crippen LogP) is 6.21. The lowest BCUT2D eigenvalue weighted by molar-refractivity contribution is -0.349. The molecule has 2 heterocycles. The van der Waals surface area contributed by atoms with E-state index >= 15 is 0 Å². The van der Waals surface area contributed by atoms with Gasteiger partial charge in [-0.3, -0.25) is 0 Å². The molecule has 0 radical (unpaired) electrons. The van der Waals surface area contributed by atoms with Gasteiger partial charge in [0, 0.05) is 0 Å². The fraction of sp³-hybridized carbons (Fsp3) is 0.277. The van der Waals surface area contributed by atoms with Gasteiger partial charge in [0.1, 0.15) is 17.6 Å². The zero-order chi connectivity index (χ0) is 42.9. The van der Waals surface area contributed by atoms with E-state index < -0.39 is 85.3 Å². The number of aliphatic hydroxyl groups is 1. The van der Waals surface area contributed by atoms with Crippen molar-refractivity contribution in [1.82, 2.24) is 0 Å². The number of hydrogen-bond acceptors (Lipinski definition) is 14. The Bertz CT molecular complexity index is 2220. The van der Waals surface area contributed by atoms with Crippen LogP contribution in [0.2, 0.25) is 0 Å². The fourth-order valence-electron chi connectivity index (χ4n) is 6.91. The molecule has 14 heteroatoms. The molecule has 7 rings (SSSR count). The molecule has 5 aromatic carbocycles. The standard InChI is InChI=1S/C47H44O14/c1-28-37(57-42(49)30-16-8-4-9-17-30)36(48)39(59-44(51)32-20-12-6-13-21-32)46(54-28)61-41-40(60-45(52)33-22-14-7-15-23-33)38(58-43(50)31-18-10-5-11-19-31)29(2)55-47(41)56-35-26-24-34(53-3)25-27-35/h4-29,36-41,46-48H,1-3H3/t28-,29-,36+,37-,38+,39+,40+,41+,46-,47-/m0/s1. The zero-order valence-electron chi connectivity index (χ0n) is 33.4. The average molecular weight is 833 g/mol. The van der Waals surface area contributed by atoms with Gasteiger partial charge in [-0.25, -0.2) is 19.2 Å². The number of carbonyl (C=O) groups is 4. The lowest BCUT2D eigenvalue weighted by Gasteiger charge is -2.47. The second-order valence-corrected chi connectivity index (χ2v) is 14.2. The van der Waals surface area contributed by atoms with Crippen LogP contribution in [0.3, 0.4) is 0 Å². The number of carbonyl (C=O) groups excluding carboxylic acids is 4. The van der Waals surface area contributed by atoms with Crippen LogP contribution in [-0.4, -0.2) is 97.5 Å². The van der Waals surface area contributed by atoms with Crippen molar-refractivity contribution in [2.75, 3.05) is 7.11 Å². The van der Waals surface area contributed by atoms with E-state index in [2.05, 4.69) is 0 Å². The van der Waals surface area contributed by atoms with Crippen molar-refractivity contribution in [3.05, 3.63) is 168 Å². The van der Waals surface area contributed by atoms with Gasteiger partial charge in [0.2, 0.25) is 6.29 Å². The first kappa shape index (κ1) is 42.5. The van der Waals surface area contributed by atoms with Gasteiger partial charge in [0.15, 0.2) is 36.8 Å². The van der Waals surface area contributed by atoms with E-state index in [9.17, 15) is 24.3 Å². The normalized spacial score (nSPS) is 25.9. The van der Waals surface area contributed by atoms with E-state index in [1.165, 1.54) is 19.2 Å². The second-order valence-electron chi connectivity index (χ2n) is 14.2. The average Bonchev–Trinajstić information content (AvgIpc) is 3.29. The summed E-state index contributed by atoms with van der Waals surface area (Å²) in [6.45, 7) is 3.16. The van der Waals surface area contributed by atoms with E-state index in [1.807, 2.05) is 0 Å². The first-order valence-corrected chi connectivity index (χ1v) is 19.6. The molecule has 2 saturated heterocycles. The summed E-state index contributed by atoms with van der Waals surface area (Å²) >= 11 is 0. The number of aliphatic hydroxyl groups excluding tert-OH is 1. The van der Waals surface area contributed by atoms with Crippen molar-refractivity contribution in [3.63, 3.8) is 0 Å². The molecule has 0 saturated carbocycles. The van der Waals surface area contributed by atoms with Gasteiger partial charge in [-0.05, 0) is 86.6 Å². The maximum atomic E-state index is 13.9. The molecule has 0 unspecified atom stereocenters. The molecular formula is C47H44O14. The highest BCUT2D eigenvalue weighted by atomic mass is 16.8. The molecule has 14 nitrogen and oxygen atoms in total. The summed E-state index contributed by atoms with van der Waals surface area (Å²) in [5.74, 6) is -2.32. The number of methoxy groups -OCH3 is 1. The molecule has 0 aliphatic carbocycles. The molecule has 2 aliphatic rings. The molecule has 5 aromatic rings. The van der Waals surface area contributed by atoms with Crippen LogP contribution >= 0.6 is 0 Å². The minimum absolute atomic E-state index is 0.142. The SMILES string of the molecule is COc1ccc(O[C@@H]2O[C@@H](C)[C@@H](OC(=O)c3ccccc3)[C@@H](OC(=O)c3ccccc3)[C@H]2O[C@@H]2O[C@@H](C)[C@H](OC(=O)c3ccccc3)[C@@H](O)[C@H]2OC(=O)c2ccccc2)cc1. The molecule has 2 aliphatic heterocycles. The Labute approximate surface area is 351 Å².